The van der Waals surface area contributed by atoms with E-state index in [2.05, 4.69) is 20.7 Å². The average molecular weight is 644 g/mol. The Morgan fingerprint density at radius 2 is 1.09 bits per heavy atom. The third-order valence-corrected chi connectivity index (χ3v) is 7.05. The summed E-state index contributed by atoms with van der Waals surface area (Å²) in [5.74, 6) is -2.48. The van der Waals surface area contributed by atoms with Crippen LogP contribution in [0.15, 0.2) is 5.11 Å². The number of hydrogen-bond acceptors (Lipinski definition) is 8. The quantitative estimate of drug-likeness (QED) is 0.0316. The Morgan fingerprint density at radius 1 is 0.622 bits per heavy atom. The molecule has 1 atom stereocenters. The van der Waals surface area contributed by atoms with E-state index in [9.17, 15) is 24.3 Å². The zero-order chi connectivity index (χ0) is 33.2. The number of aliphatic carboxylic acids is 2. The van der Waals surface area contributed by atoms with Crippen molar-refractivity contribution in [1.29, 1.82) is 0 Å². The lowest BCUT2D eigenvalue weighted by molar-refractivity contribution is -0.142. The number of carboxylic acid groups (broad SMARTS) is 2. The van der Waals surface area contributed by atoms with Gasteiger partial charge in [-0.05, 0) is 24.8 Å². The van der Waals surface area contributed by atoms with Crippen molar-refractivity contribution < 1.29 is 43.6 Å². The molecular weight excluding hydrogens is 586 g/mol. The Bertz CT molecular complexity index is 825. The summed E-state index contributed by atoms with van der Waals surface area (Å²) in [6.45, 7) is 2.69. The van der Waals surface area contributed by atoms with E-state index in [0.29, 0.717) is 39.5 Å². The first kappa shape index (κ1) is 42.1. The molecule has 0 radical (unpaired) electrons. The second-order valence-corrected chi connectivity index (χ2v) is 11.0. The van der Waals surface area contributed by atoms with E-state index in [1.165, 1.54) is 44.9 Å². The molecule has 0 aromatic heterocycles. The molecule has 45 heavy (non-hydrogen) atoms. The Balaban J connectivity index is 3.64. The van der Waals surface area contributed by atoms with Crippen LogP contribution >= 0.6 is 0 Å². The molecular formula is C31H57N5O9. The van der Waals surface area contributed by atoms with Gasteiger partial charge in [0.1, 0.15) is 6.04 Å². The number of carbonyl (C=O) groups is 4. The molecule has 0 aromatic carbocycles. The fourth-order valence-corrected chi connectivity index (χ4v) is 4.53. The Kier molecular flexibility index (Phi) is 30.3. The van der Waals surface area contributed by atoms with Gasteiger partial charge in [0.2, 0.25) is 11.8 Å². The normalized spacial score (nSPS) is 11.5. The topological polar surface area (TPSA) is 209 Å². The molecule has 260 valence electrons. The SMILES string of the molecule is [N-]=[N+]=NCCOCCOCCOCCNC(=O)CCC(NC(=O)CCCCCCCCCCCCCCCCC(=O)O)C(=O)O. The van der Waals surface area contributed by atoms with Gasteiger partial charge in [-0.3, -0.25) is 14.4 Å². The van der Waals surface area contributed by atoms with E-state index in [1.807, 2.05) is 0 Å². The van der Waals surface area contributed by atoms with Gasteiger partial charge in [-0.25, -0.2) is 4.79 Å². The second-order valence-electron chi connectivity index (χ2n) is 11.0. The third kappa shape index (κ3) is 32.3. The number of rotatable bonds is 34. The molecule has 0 spiro atoms. The Labute approximate surface area is 267 Å². The van der Waals surface area contributed by atoms with E-state index in [0.717, 1.165) is 38.5 Å². The first-order chi connectivity index (χ1) is 21.9. The predicted octanol–water partition coefficient (Wildman–Crippen LogP) is 5.14. The summed E-state index contributed by atoms with van der Waals surface area (Å²) in [6.07, 6.45) is 15.8. The molecule has 0 aliphatic heterocycles. The molecule has 0 bridgehead atoms. The van der Waals surface area contributed by atoms with Crippen molar-refractivity contribution in [2.45, 2.75) is 122 Å². The summed E-state index contributed by atoms with van der Waals surface area (Å²) < 4.78 is 15.9. The number of carbonyl (C=O) groups excluding carboxylic acids is 2. The fourth-order valence-electron chi connectivity index (χ4n) is 4.53. The van der Waals surface area contributed by atoms with E-state index in [1.54, 1.807) is 0 Å². The van der Waals surface area contributed by atoms with Crippen molar-refractivity contribution in [3.63, 3.8) is 0 Å². The number of hydrogen-bond donors (Lipinski definition) is 4. The highest BCUT2D eigenvalue weighted by atomic mass is 16.5. The zero-order valence-electron chi connectivity index (χ0n) is 27.1. The highest BCUT2D eigenvalue weighted by Crippen LogP contribution is 2.14. The molecule has 0 fully saturated rings. The highest BCUT2D eigenvalue weighted by Gasteiger charge is 2.20. The molecule has 14 heteroatoms. The maximum absolute atomic E-state index is 12.2. The average Bonchev–Trinajstić information content (AvgIpc) is 3.01. The minimum atomic E-state index is -1.16. The lowest BCUT2D eigenvalue weighted by Gasteiger charge is -2.14. The van der Waals surface area contributed by atoms with E-state index in [4.69, 9.17) is 24.8 Å². The largest absolute Gasteiger partial charge is 0.481 e. The van der Waals surface area contributed by atoms with Crippen molar-refractivity contribution in [2.75, 3.05) is 52.7 Å². The predicted molar refractivity (Wildman–Crippen MR) is 170 cm³/mol. The number of nitrogens with zero attached hydrogens (tertiary/aromatic N) is 3. The first-order valence-electron chi connectivity index (χ1n) is 16.6. The molecule has 0 rings (SSSR count). The van der Waals surface area contributed by atoms with Gasteiger partial charge < -0.3 is 35.1 Å². The number of nitrogens with one attached hydrogen (secondary N) is 2. The minimum absolute atomic E-state index is 0.0132. The van der Waals surface area contributed by atoms with Gasteiger partial charge in [-0.15, -0.1) is 0 Å². The molecule has 0 aliphatic carbocycles. The van der Waals surface area contributed by atoms with Gasteiger partial charge in [0.15, 0.2) is 0 Å². The van der Waals surface area contributed by atoms with E-state index in [-0.39, 0.29) is 57.2 Å². The summed E-state index contributed by atoms with van der Waals surface area (Å²) in [5, 5.41) is 26.6. The monoisotopic (exact) mass is 643 g/mol. The van der Waals surface area contributed by atoms with E-state index >= 15 is 0 Å². The van der Waals surface area contributed by atoms with Crippen LogP contribution in [-0.4, -0.2) is 92.7 Å². The first-order valence-corrected chi connectivity index (χ1v) is 16.6. The number of azide groups is 1. The lowest BCUT2D eigenvalue weighted by Crippen LogP contribution is -2.41. The molecule has 0 aliphatic rings. The molecule has 0 aromatic rings. The number of carboxylic acids is 2. The molecule has 0 heterocycles. The standard InChI is InChI=1S/C31H57N5O9/c32-36-34-20-22-44-24-26-45-25-23-43-21-19-33-28(37)18-17-27(31(41)42)35-29(38)15-13-11-9-7-5-3-1-2-4-6-8-10-12-14-16-30(39)40/h27H,1-26H2,(H,33,37)(H,35,38)(H,39,40)(H,41,42). The van der Waals surface area contributed by atoms with Gasteiger partial charge in [-0.2, -0.15) is 0 Å². The smallest absolute Gasteiger partial charge is 0.326 e. The second kappa shape index (κ2) is 32.5. The van der Waals surface area contributed by atoms with Gasteiger partial charge in [0, 0.05) is 37.3 Å². The van der Waals surface area contributed by atoms with Gasteiger partial charge in [0.05, 0.1) is 39.6 Å². The molecule has 2 amide bonds. The summed E-state index contributed by atoms with van der Waals surface area (Å²) in [4.78, 5) is 48.9. The van der Waals surface area contributed by atoms with Crippen LogP contribution in [0.4, 0.5) is 0 Å². The van der Waals surface area contributed by atoms with Crippen molar-refractivity contribution in [1.82, 2.24) is 10.6 Å². The molecule has 14 nitrogen and oxygen atoms in total. The van der Waals surface area contributed by atoms with Crippen molar-refractivity contribution >= 4 is 23.8 Å². The van der Waals surface area contributed by atoms with Crippen molar-refractivity contribution in [2.24, 2.45) is 5.11 Å². The molecule has 0 saturated carbocycles. The third-order valence-electron chi connectivity index (χ3n) is 7.05. The molecule has 0 saturated heterocycles. The van der Waals surface area contributed by atoms with Crippen LogP contribution in [0, 0.1) is 0 Å². The fraction of sp³-hybridized carbons (Fsp3) is 0.871. The van der Waals surface area contributed by atoms with Crippen LogP contribution in [0.25, 0.3) is 10.4 Å². The van der Waals surface area contributed by atoms with Crippen molar-refractivity contribution in [3.05, 3.63) is 10.4 Å². The lowest BCUT2D eigenvalue weighted by atomic mass is 10.0. The van der Waals surface area contributed by atoms with Crippen LogP contribution in [-0.2, 0) is 33.4 Å². The summed E-state index contributed by atoms with van der Waals surface area (Å²) in [7, 11) is 0. The number of amides is 2. The van der Waals surface area contributed by atoms with Crippen LogP contribution in [0.2, 0.25) is 0 Å². The number of unbranched alkanes of at least 4 members (excludes halogenated alkanes) is 13. The summed E-state index contributed by atoms with van der Waals surface area (Å²) in [5.41, 5.74) is 8.14. The van der Waals surface area contributed by atoms with Crippen LogP contribution in [0.1, 0.15) is 116 Å². The molecule has 4 N–H and O–H groups in total. The van der Waals surface area contributed by atoms with Crippen molar-refractivity contribution in [3.8, 4) is 0 Å². The summed E-state index contributed by atoms with van der Waals surface area (Å²) >= 11 is 0. The van der Waals surface area contributed by atoms with Crippen LogP contribution in [0.3, 0.4) is 0 Å². The van der Waals surface area contributed by atoms with Crippen LogP contribution in [0.5, 0.6) is 0 Å². The molecule has 1 unspecified atom stereocenters. The summed E-state index contributed by atoms with van der Waals surface area (Å²) in [6, 6.07) is -1.10. The van der Waals surface area contributed by atoms with Gasteiger partial charge in [-0.1, -0.05) is 82.2 Å². The maximum Gasteiger partial charge on any atom is 0.326 e. The highest BCUT2D eigenvalue weighted by molar-refractivity contribution is 5.84. The minimum Gasteiger partial charge on any atom is -0.481 e. The van der Waals surface area contributed by atoms with E-state index < -0.39 is 18.0 Å². The van der Waals surface area contributed by atoms with Gasteiger partial charge >= 0.3 is 11.9 Å². The Hall–Kier alpha value is -2.93. The Morgan fingerprint density at radius 3 is 1.58 bits per heavy atom. The van der Waals surface area contributed by atoms with Crippen LogP contribution < -0.4 is 10.6 Å². The maximum atomic E-state index is 12.2. The van der Waals surface area contributed by atoms with Gasteiger partial charge in [0.25, 0.3) is 0 Å². The number of ether oxygens (including phenoxy) is 3. The zero-order valence-corrected chi connectivity index (χ0v) is 27.1.